The zero-order valence-corrected chi connectivity index (χ0v) is 14.2. The zero-order chi connectivity index (χ0) is 18.3. The van der Waals surface area contributed by atoms with Gasteiger partial charge in [-0.15, -0.1) is 0 Å². The first-order valence-corrected chi connectivity index (χ1v) is 7.75. The molecular weight excluding hydrogens is 374 g/mol. The molecule has 3 rings (SSSR count). The smallest absolute Gasteiger partial charge is 0.339 e. The topological polar surface area (TPSA) is 98.6 Å². The molecule has 0 aliphatic rings. The fourth-order valence-corrected chi connectivity index (χ4v) is 3.09. The number of anilines is 1. The lowest BCUT2D eigenvalue weighted by Crippen LogP contribution is -2.08. The summed E-state index contributed by atoms with van der Waals surface area (Å²) in [7, 11) is 0. The lowest BCUT2D eigenvalue weighted by Gasteiger charge is -2.18. The van der Waals surface area contributed by atoms with Crippen LogP contribution in [-0.2, 0) is 0 Å². The van der Waals surface area contributed by atoms with Gasteiger partial charge >= 0.3 is 5.97 Å². The predicted molar refractivity (Wildman–Crippen MR) is 90.8 cm³/mol. The van der Waals surface area contributed by atoms with E-state index in [1.165, 1.54) is 12.3 Å². The number of carboxylic acid groups (broad SMARTS) is 1. The molecule has 0 spiro atoms. The third-order valence-electron chi connectivity index (χ3n) is 3.61. The number of nitrogen functional groups attached to an aromatic ring is 1. The summed E-state index contributed by atoms with van der Waals surface area (Å²) in [6, 6.07) is 2.50. The average molecular weight is 385 g/mol. The molecule has 25 heavy (non-hydrogen) atoms. The van der Waals surface area contributed by atoms with Crippen molar-refractivity contribution in [1.82, 2.24) is 4.98 Å². The Balaban J connectivity index is 2.08. The van der Waals surface area contributed by atoms with Crippen LogP contribution in [0.1, 0.15) is 28.9 Å². The molecule has 9 heteroatoms. The highest BCUT2D eigenvalue weighted by atomic mass is 35.5. The molecule has 0 radical (unpaired) electrons. The van der Waals surface area contributed by atoms with E-state index in [0.717, 1.165) is 12.3 Å². The van der Waals surface area contributed by atoms with E-state index in [9.17, 15) is 9.18 Å². The van der Waals surface area contributed by atoms with E-state index in [4.69, 9.17) is 43.2 Å². The van der Waals surface area contributed by atoms with Gasteiger partial charge in [0.15, 0.2) is 11.4 Å². The van der Waals surface area contributed by atoms with Gasteiger partial charge in [0.25, 0.3) is 0 Å². The van der Waals surface area contributed by atoms with Crippen molar-refractivity contribution < 1.29 is 23.4 Å². The maximum absolute atomic E-state index is 13.7. The average Bonchev–Trinajstić information content (AvgIpc) is 2.98. The highest BCUT2D eigenvalue weighted by molar-refractivity contribution is 6.36. The predicted octanol–water partition coefficient (Wildman–Crippen LogP) is 4.69. The van der Waals surface area contributed by atoms with E-state index in [1.807, 2.05) is 0 Å². The van der Waals surface area contributed by atoms with Gasteiger partial charge in [0.2, 0.25) is 5.75 Å². The molecule has 1 aromatic carbocycles. The standard InChI is InChI=1S/C16H11Cl2FN2O4/c1-6(11-9(17)2-3-10(19)12(11)18)25-14-13-7(4-21-15(14)20)8(5-24-13)16(22)23/h2-6H,1H3,(H2,20,21)(H,22,23). The lowest BCUT2D eigenvalue weighted by atomic mass is 10.1. The van der Waals surface area contributed by atoms with Crippen LogP contribution >= 0.6 is 23.2 Å². The van der Waals surface area contributed by atoms with E-state index in [-0.39, 0.29) is 43.7 Å². The fraction of sp³-hybridized carbons (Fsp3) is 0.125. The van der Waals surface area contributed by atoms with Gasteiger partial charge in [-0.3, -0.25) is 0 Å². The van der Waals surface area contributed by atoms with Crippen LogP contribution in [0.5, 0.6) is 5.75 Å². The Morgan fingerprint density at radius 3 is 2.84 bits per heavy atom. The number of pyridine rings is 1. The van der Waals surface area contributed by atoms with Crippen LogP contribution in [0.4, 0.5) is 10.2 Å². The largest absolute Gasteiger partial charge is 0.478 e. The minimum absolute atomic E-state index is 0.0192. The molecule has 1 atom stereocenters. The van der Waals surface area contributed by atoms with Crippen LogP contribution in [0.25, 0.3) is 11.0 Å². The number of carbonyl (C=O) groups is 1. The molecule has 130 valence electrons. The minimum Gasteiger partial charge on any atom is -0.478 e. The van der Waals surface area contributed by atoms with E-state index >= 15 is 0 Å². The summed E-state index contributed by atoms with van der Waals surface area (Å²) in [6.45, 7) is 1.59. The molecular formula is C16H11Cl2FN2O4. The first-order valence-electron chi connectivity index (χ1n) is 7.00. The van der Waals surface area contributed by atoms with Crippen LogP contribution in [0.2, 0.25) is 10.0 Å². The SMILES string of the molecule is CC(Oc1c(N)ncc2c(C(=O)O)coc12)c1c(Cl)ccc(F)c1Cl. The normalized spacial score (nSPS) is 12.3. The Hall–Kier alpha value is -2.51. The molecule has 0 amide bonds. The Bertz CT molecular complexity index is 990. The highest BCUT2D eigenvalue weighted by Gasteiger charge is 2.24. The third kappa shape index (κ3) is 2.96. The van der Waals surface area contributed by atoms with E-state index < -0.39 is 17.9 Å². The molecule has 1 unspecified atom stereocenters. The van der Waals surface area contributed by atoms with Crippen LogP contribution in [0, 0.1) is 5.82 Å². The lowest BCUT2D eigenvalue weighted by molar-refractivity contribution is 0.0698. The number of ether oxygens (including phenoxy) is 1. The molecule has 6 nitrogen and oxygen atoms in total. The van der Waals surface area contributed by atoms with Crippen molar-refractivity contribution in [2.75, 3.05) is 5.73 Å². The van der Waals surface area contributed by atoms with E-state index in [0.29, 0.717) is 0 Å². The van der Waals surface area contributed by atoms with E-state index in [1.54, 1.807) is 6.92 Å². The van der Waals surface area contributed by atoms with Crippen LogP contribution in [0.15, 0.2) is 29.0 Å². The van der Waals surface area contributed by atoms with Gasteiger partial charge in [0.05, 0.1) is 10.4 Å². The summed E-state index contributed by atoms with van der Waals surface area (Å²) in [5.74, 6) is -1.82. The number of carboxylic acids is 1. The Labute approximate surface area is 150 Å². The Kier molecular flexibility index (Phi) is 4.45. The molecule has 0 aliphatic carbocycles. The summed E-state index contributed by atoms with van der Waals surface area (Å²) in [5.41, 5.74) is 6.08. The molecule has 2 heterocycles. The number of aromatic nitrogens is 1. The van der Waals surface area contributed by atoms with Gasteiger partial charge < -0.3 is 20.0 Å². The van der Waals surface area contributed by atoms with Crippen molar-refractivity contribution >= 4 is 46.0 Å². The molecule has 3 aromatic rings. The van der Waals surface area contributed by atoms with Gasteiger partial charge in [-0.1, -0.05) is 23.2 Å². The summed E-state index contributed by atoms with van der Waals surface area (Å²) in [4.78, 5) is 15.1. The molecule has 3 N–H and O–H groups in total. The minimum atomic E-state index is -1.18. The van der Waals surface area contributed by atoms with Gasteiger partial charge in [0, 0.05) is 16.8 Å². The number of nitrogens with two attached hydrogens (primary N) is 1. The third-order valence-corrected chi connectivity index (χ3v) is 4.33. The second kappa shape index (κ2) is 6.42. The van der Waals surface area contributed by atoms with Crippen LogP contribution in [-0.4, -0.2) is 16.1 Å². The molecule has 2 aromatic heterocycles. The Morgan fingerprint density at radius 2 is 2.16 bits per heavy atom. The maximum atomic E-state index is 13.7. The molecule has 0 saturated heterocycles. The van der Waals surface area contributed by atoms with Crippen molar-refractivity contribution in [2.45, 2.75) is 13.0 Å². The number of hydrogen-bond donors (Lipinski definition) is 2. The van der Waals surface area contributed by atoms with Crippen molar-refractivity contribution in [1.29, 1.82) is 0 Å². The van der Waals surface area contributed by atoms with Crippen molar-refractivity contribution in [3.8, 4) is 5.75 Å². The number of nitrogens with zero attached hydrogens (tertiary/aromatic N) is 1. The number of furan rings is 1. The van der Waals surface area contributed by atoms with Gasteiger partial charge in [-0.25, -0.2) is 14.2 Å². The number of aromatic carboxylic acids is 1. The van der Waals surface area contributed by atoms with Crippen LogP contribution < -0.4 is 10.5 Å². The second-order valence-corrected chi connectivity index (χ2v) is 5.97. The number of benzene rings is 1. The van der Waals surface area contributed by atoms with Gasteiger partial charge in [0.1, 0.15) is 23.7 Å². The van der Waals surface area contributed by atoms with Crippen LogP contribution in [0.3, 0.4) is 0 Å². The zero-order valence-electron chi connectivity index (χ0n) is 12.7. The number of rotatable bonds is 4. The van der Waals surface area contributed by atoms with Crippen molar-refractivity contribution in [3.05, 3.63) is 51.6 Å². The van der Waals surface area contributed by atoms with E-state index in [2.05, 4.69) is 4.98 Å². The molecule has 0 aliphatic heterocycles. The monoisotopic (exact) mass is 384 g/mol. The summed E-state index contributed by atoms with van der Waals surface area (Å²) >= 11 is 12.1. The van der Waals surface area contributed by atoms with Gasteiger partial charge in [-0.05, 0) is 19.1 Å². The molecule has 0 bridgehead atoms. The fourth-order valence-electron chi connectivity index (χ4n) is 2.41. The summed E-state index contributed by atoms with van der Waals surface area (Å²) in [5, 5.41) is 9.42. The highest BCUT2D eigenvalue weighted by Crippen LogP contribution is 2.39. The summed E-state index contributed by atoms with van der Waals surface area (Å²) < 4.78 is 24.7. The Morgan fingerprint density at radius 1 is 1.44 bits per heavy atom. The number of halogens is 3. The number of hydrogen-bond acceptors (Lipinski definition) is 5. The first-order chi connectivity index (χ1) is 11.8. The second-order valence-electron chi connectivity index (χ2n) is 5.19. The van der Waals surface area contributed by atoms with Crippen molar-refractivity contribution in [2.24, 2.45) is 0 Å². The number of fused-ring (bicyclic) bond motifs is 1. The molecule has 0 saturated carbocycles. The first kappa shape index (κ1) is 17.3. The van der Waals surface area contributed by atoms with Gasteiger partial charge in [-0.2, -0.15) is 0 Å². The van der Waals surface area contributed by atoms with Crippen molar-refractivity contribution in [3.63, 3.8) is 0 Å². The maximum Gasteiger partial charge on any atom is 0.339 e. The quantitative estimate of drug-likeness (QED) is 0.632. The molecule has 0 fully saturated rings. The summed E-state index contributed by atoms with van der Waals surface area (Å²) in [6.07, 6.45) is 1.54.